The van der Waals surface area contributed by atoms with Crippen LogP contribution in [0.4, 0.5) is 127 Å². The Morgan fingerprint density at radius 2 is 0.348 bits per heavy atom. The lowest BCUT2D eigenvalue weighted by Crippen LogP contribution is -2.79. The predicted molar refractivity (Wildman–Crippen MR) is 80.6 cm³/mol. The Morgan fingerprint density at radius 1 is 0.217 bits per heavy atom. The van der Waals surface area contributed by atoms with E-state index in [0.717, 1.165) is 0 Å². The van der Waals surface area contributed by atoms with E-state index in [1.165, 1.54) is 0 Å². The number of halogens is 29. The fourth-order valence-corrected chi connectivity index (χ4v) is 2.52. The third-order valence-corrected chi connectivity index (χ3v) is 5.44. The van der Waals surface area contributed by atoms with Gasteiger partial charge in [0.2, 0.25) is 0 Å². The van der Waals surface area contributed by atoms with Crippen molar-refractivity contribution < 1.29 is 137 Å². The maximum absolute atomic E-state index is 13.6. The van der Waals surface area contributed by atoms with Crippen molar-refractivity contribution in [3.05, 3.63) is 0 Å². The van der Waals surface area contributed by atoms with E-state index < -0.39 is 90.2 Å². The van der Waals surface area contributed by atoms with Gasteiger partial charge in [-0.25, -0.2) is 8.78 Å². The summed E-state index contributed by atoms with van der Waals surface area (Å²) < 4.78 is 383. The molecule has 0 aromatic heterocycles. The molecular formula is C14H2BF29O2. The molecule has 0 bridgehead atoms. The average molecular weight is 764 g/mol. The summed E-state index contributed by atoms with van der Waals surface area (Å²) in [4.78, 5) is 0. The second-order valence-corrected chi connectivity index (χ2v) is 8.39. The van der Waals surface area contributed by atoms with E-state index >= 15 is 0 Å². The molecular weight excluding hydrogens is 762 g/mol. The second-order valence-electron chi connectivity index (χ2n) is 8.39. The number of rotatable bonds is 13. The SMILES string of the molecule is OB(O)C(F)(F)C(F)(F)C(F)(F)C(F)(F)C(F)(F)C(F)(F)C(F)(F)C(F)(F)C(F)(F)C(F)(F)C(F)(F)C(F)(F)C(F)(F)C(F)(F)F. The Hall–Kier alpha value is -2.05. The molecule has 0 aromatic rings. The van der Waals surface area contributed by atoms with Crippen molar-refractivity contribution in [3.63, 3.8) is 0 Å². The first-order valence-corrected chi connectivity index (χ1v) is 9.54. The minimum atomic E-state index is -9.98. The summed E-state index contributed by atoms with van der Waals surface area (Å²) in [6.07, 6.45) is -8.31. The lowest BCUT2D eigenvalue weighted by Gasteiger charge is -2.46. The highest BCUT2D eigenvalue weighted by Crippen LogP contribution is 2.68. The predicted octanol–water partition coefficient (Wildman–Crippen LogP) is 7.82. The summed E-state index contributed by atoms with van der Waals surface area (Å²) in [5.74, 6) is -122. The molecule has 2 N–H and O–H groups in total. The number of hydrogen-bond acceptors (Lipinski definition) is 2. The summed E-state index contributed by atoms with van der Waals surface area (Å²) in [5, 5.41) is 15.7. The van der Waals surface area contributed by atoms with Gasteiger partial charge in [0.15, 0.2) is 0 Å². The van der Waals surface area contributed by atoms with Crippen LogP contribution >= 0.6 is 0 Å². The van der Waals surface area contributed by atoms with Gasteiger partial charge in [0.1, 0.15) is 0 Å². The Kier molecular flexibility index (Phi) is 10.0. The van der Waals surface area contributed by atoms with Crippen molar-refractivity contribution in [3.8, 4) is 0 Å². The Bertz CT molecular complexity index is 1120. The molecule has 0 aliphatic carbocycles. The molecule has 0 fully saturated rings. The van der Waals surface area contributed by atoms with E-state index in [9.17, 15) is 127 Å². The fraction of sp³-hybridized carbons (Fsp3) is 1.00. The van der Waals surface area contributed by atoms with Crippen LogP contribution in [-0.2, 0) is 0 Å². The molecule has 0 saturated carbocycles. The summed E-state index contributed by atoms with van der Waals surface area (Å²) in [6, 6.07) is 0. The van der Waals surface area contributed by atoms with Crippen LogP contribution in [0, 0.1) is 0 Å². The van der Waals surface area contributed by atoms with Gasteiger partial charge >= 0.3 is 90.2 Å². The molecule has 2 nitrogen and oxygen atoms in total. The van der Waals surface area contributed by atoms with E-state index in [2.05, 4.69) is 0 Å². The molecule has 0 amide bonds. The molecule has 46 heavy (non-hydrogen) atoms. The van der Waals surface area contributed by atoms with Crippen molar-refractivity contribution in [2.45, 2.75) is 83.1 Å². The standard InChI is InChI=1S/C14H2BF29O2/c16-1(17,3(20,21)5(24,25)7(28,29)9(32,33)11(36,37)13(40,41)15(45)46)2(18,19)4(22,23)6(26,27)8(30,31)10(34,35)12(38,39)14(42,43)44/h45-46H. The molecule has 0 rings (SSSR count). The molecule has 0 atom stereocenters. The first kappa shape index (κ1) is 44.0. The summed E-state index contributed by atoms with van der Waals surface area (Å²) in [7, 11) is -5.44. The molecule has 0 aromatic carbocycles. The van der Waals surface area contributed by atoms with Gasteiger partial charge in [0, 0.05) is 0 Å². The van der Waals surface area contributed by atoms with Crippen LogP contribution in [0.2, 0.25) is 0 Å². The van der Waals surface area contributed by atoms with Crippen LogP contribution in [0.25, 0.3) is 0 Å². The zero-order valence-electron chi connectivity index (χ0n) is 19.4. The molecule has 0 radical (unpaired) electrons. The van der Waals surface area contributed by atoms with Crippen molar-refractivity contribution in [2.75, 3.05) is 0 Å². The largest absolute Gasteiger partial charge is 0.536 e. The summed E-state index contributed by atoms with van der Waals surface area (Å²) in [5.41, 5.74) is 0. The molecule has 0 spiro atoms. The maximum atomic E-state index is 13.6. The van der Waals surface area contributed by atoms with Crippen LogP contribution in [0.5, 0.6) is 0 Å². The Labute approximate surface area is 229 Å². The Balaban J connectivity index is 7.57. The molecule has 0 heterocycles. The first-order valence-electron chi connectivity index (χ1n) is 9.54. The van der Waals surface area contributed by atoms with Gasteiger partial charge in [-0.05, 0) is 0 Å². The highest BCUT2D eigenvalue weighted by molar-refractivity contribution is 6.44. The third kappa shape index (κ3) is 4.81. The van der Waals surface area contributed by atoms with Gasteiger partial charge < -0.3 is 10.0 Å². The van der Waals surface area contributed by atoms with Crippen molar-refractivity contribution in [1.29, 1.82) is 0 Å². The van der Waals surface area contributed by atoms with Crippen molar-refractivity contribution in [1.82, 2.24) is 0 Å². The molecule has 0 aliphatic heterocycles. The summed E-state index contributed by atoms with van der Waals surface area (Å²) in [6.45, 7) is 0. The Morgan fingerprint density at radius 3 is 0.478 bits per heavy atom. The first-order chi connectivity index (χ1) is 19.2. The van der Waals surface area contributed by atoms with E-state index in [1.807, 2.05) is 0 Å². The van der Waals surface area contributed by atoms with Gasteiger partial charge in [-0.15, -0.1) is 0 Å². The highest BCUT2D eigenvalue weighted by Gasteiger charge is 3.01. The number of hydrogen-bond donors (Lipinski definition) is 2. The zero-order chi connectivity index (χ0) is 38.6. The van der Waals surface area contributed by atoms with E-state index in [1.54, 1.807) is 0 Å². The zero-order valence-corrected chi connectivity index (χ0v) is 19.4. The lowest BCUT2D eigenvalue weighted by molar-refractivity contribution is -0.486. The topological polar surface area (TPSA) is 40.5 Å². The average Bonchev–Trinajstić information content (AvgIpc) is 2.81. The normalized spacial score (nSPS) is 17.0. The van der Waals surface area contributed by atoms with E-state index in [0.29, 0.717) is 0 Å². The fourth-order valence-electron chi connectivity index (χ4n) is 2.52. The quantitative estimate of drug-likeness (QED) is 0.149. The van der Waals surface area contributed by atoms with Gasteiger partial charge in [0.25, 0.3) is 0 Å². The van der Waals surface area contributed by atoms with Gasteiger partial charge in [0.05, 0.1) is 0 Å². The summed E-state index contributed by atoms with van der Waals surface area (Å²) >= 11 is 0. The number of alkyl halides is 29. The van der Waals surface area contributed by atoms with Crippen molar-refractivity contribution in [2.24, 2.45) is 0 Å². The van der Waals surface area contributed by atoms with Crippen LogP contribution in [0.3, 0.4) is 0 Å². The van der Waals surface area contributed by atoms with Crippen LogP contribution < -0.4 is 0 Å². The van der Waals surface area contributed by atoms with Gasteiger partial charge in [-0.1, -0.05) is 0 Å². The van der Waals surface area contributed by atoms with E-state index in [4.69, 9.17) is 10.0 Å². The van der Waals surface area contributed by atoms with E-state index in [-0.39, 0.29) is 0 Å². The molecule has 0 aliphatic rings. The molecule has 32 heteroatoms. The van der Waals surface area contributed by atoms with Crippen LogP contribution in [0.15, 0.2) is 0 Å². The minimum absolute atomic E-state index is 5.44. The second kappa shape index (κ2) is 10.5. The van der Waals surface area contributed by atoms with Crippen LogP contribution in [0.1, 0.15) is 0 Å². The lowest BCUT2D eigenvalue weighted by atomic mass is 9.73. The van der Waals surface area contributed by atoms with Gasteiger partial charge in [-0.2, -0.15) is 119 Å². The highest BCUT2D eigenvalue weighted by atomic mass is 19.4. The minimum Gasteiger partial charge on any atom is -0.423 e. The monoisotopic (exact) mass is 764 g/mol. The molecule has 0 unspecified atom stereocenters. The van der Waals surface area contributed by atoms with Gasteiger partial charge in [-0.3, -0.25) is 0 Å². The third-order valence-electron chi connectivity index (χ3n) is 5.44. The smallest absolute Gasteiger partial charge is 0.423 e. The van der Waals surface area contributed by atoms with Crippen molar-refractivity contribution >= 4 is 7.12 Å². The molecule has 0 saturated heterocycles. The van der Waals surface area contributed by atoms with Crippen LogP contribution in [-0.4, -0.2) is 100 Å². The molecule has 276 valence electrons. The maximum Gasteiger partial charge on any atom is 0.536 e.